The highest BCUT2D eigenvalue weighted by molar-refractivity contribution is 6.21. The third-order valence-corrected chi connectivity index (χ3v) is 3.31. The predicted molar refractivity (Wildman–Crippen MR) is 60.6 cm³/mol. The lowest BCUT2D eigenvalue weighted by atomic mass is 9.91. The molecule has 4 heteroatoms. The minimum atomic E-state index is -0.256. The standard InChI is InChI=1S/C12H14ClFO2/c1-7-3-4-8(5-10(7)14)16-11-6-9(13)12(11)15-2/h3-5,9,11-12H,6H2,1-2H3. The predicted octanol–water partition coefficient (Wildman–Crippen LogP) is 2.91. The van der Waals surface area contributed by atoms with E-state index >= 15 is 0 Å². The van der Waals surface area contributed by atoms with E-state index in [0.29, 0.717) is 11.3 Å². The van der Waals surface area contributed by atoms with Crippen molar-refractivity contribution in [2.45, 2.75) is 30.9 Å². The van der Waals surface area contributed by atoms with Crippen molar-refractivity contribution < 1.29 is 13.9 Å². The van der Waals surface area contributed by atoms with E-state index in [1.807, 2.05) is 0 Å². The SMILES string of the molecule is COC1C(Cl)CC1Oc1ccc(C)c(F)c1. The van der Waals surface area contributed by atoms with Gasteiger partial charge in [0.1, 0.15) is 23.8 Å². The zero-order valence-corrected chi connectivity index (χ0v) is 10.00. The number of ether oxygens (including phenoxy) is 2. The molecule has 0 spiro atoms. The van der Waals surface area contributed by atoms with Crippen LogP contribution in [0.3, 0.4) is 0 Å². The van der Waals surface area contributed by atoms with Gasteiger partial charge < -0.3 is 9.47 Å². The maximum atomic E-state index is 13.3. The van der Waals surface area contributed by atoms with Crippen LogP contribution in [-0.2, 0) is 4.74 Å². The Morgan fingerprint density at radius 3 is 2.75 bits per heavy atom. The molecule has 0 amide bonds. The Balaban J connectivity index is 2.02. The first-order valence-corrected chi connectivity index (χ1v) is 5.65. The molecule has 0 bridgehead atoms. The van der Waals surface area contributed by atoms with Crippen LogP contribution in [0.2, 0.25) is 0 Å². The number of alkyl halides is 1. The molecule has 2 rings (SSSR count). The molecule has 2 nitrogen and oxygen atoms in total. The number of halogens is 2. The van der Waals surface area contributed by atoms with Crippen LogP contribution in [0.25, 0.3) is 0 Å². The molecule has 3 unspecified atom stereocenters. The van der Waals surface area contributed by atoms with Gasteiger partial charge in [0.15, 0.2) is 0 Å². The Bertz CT molecular complexity index is 383. The summed E-state index contributed by atoms with van der Waals surface area (Å²) in [6.45, 7) is 1.72. The molecule has 0 aromatic heterocycles. The minimum absolute atomic E-state index is 0.00899. The molecular formula is C12H14ClFO2. The molecule has 1 fully saturated rings. The largest absolute Gasteiger partial charge is 0.487 e. The molecule has 0 N–H and O–H groups in total. The number of hydrogen-bond acceptors (Lipinski definition) is 2. The van der Waals surface area contributed by atoms with E-state index in [1.165, 1.54) is 6.07 Å². The Hall–Kier alpha value is -0.800. The van der Waals surface area contributed by atoms with E-state index in [1.54, 1.807) is 26.2 Å². The molecule has 0 saturated heterocycles. The van der Waals surface area contributed by atoms with Gasteiger partial charge in [-0.25, -0.2) is 4.39 Å². The van der Waals surface area contributed by atoms with Crippen LogP contribution in [0.1, 0.15) is 12.0 Å². The van der Waals surface area contributed by atoms with Crippen LogP contribution in [0.4, 0.5) is 4.39 Å². The van der Waals surface area contributed by atoms with E-state index in [9.17, 15) is 4.39 Å². The van der Waals surface area contributed by atoms with Gasteiger partial charge in [-0.05, 0) is 18.6 Å². The van der Waals surface area contributed by atoms with Crippen LogP contribution in [0.5, 0.6) is 5.75 Å². The molecule has 88 valence electrons. The summed E-state index contributed by atoms with van der Waals surface area (Å²) in [7, 11) is 1.60. The molecule has 1 aliphatic rings. The Morgan fingerprint density at radius 1 is 1.44 bits per heavy atom. The van der Waals surface area contributed by atoms with E-state index in [4.69, 9.17) is 21.1 Å². The molecule has 1 aromatic rings. The maximum absolute atomic E-state index is 13.3. The van der Waals surface area contributed by atoms with Crippen molar-refractivity contribution in [1.29, 1.82) is 0 Å². The summed E-state index contributed by atoms with van der Waals surface area (Å²) in [4.78, 5) is 0. The second-order valence-electron chi connectivity index (χ2n) is 4.02. The summed E-state index contributed by atoms with van der Waals surface area (Å²) < 4.78 is 24.1. The highest BCUT2D eigenvalue weighted by Crippen LogP contribution is 2.32. The first kappa shape index (κ1) is 11.7. The molecule has 1 saturated carbocycles. The third-order valence-electron chi connectivity index (χ3n) is 2.88. The van der Waals surface area contributed by atoms with E-state index < -0.39 is 0 Å². The lowest BCUT2D eigenvalue weighted by Crippen LogP contribution is -2.52. The summed E-state index contributed by atoms with van der Waals surface area (Å²) in [5, 5.41) is -0.00899. The maximum Gasteiger partial charge on any atom is 0.129 e. The summed E-state index contributed by atoms with van der Waals surface area (Å²) in [6.07, 6.45) is 0.552. The molecule has 1 aromatic carbocycles. The second-order valence-corrected chi connectivity index (χ2v) is 4.58. The lowest BCUT2D eigenvalue weighted by Gasteiger charge is -2.39. The highest BCUT2D eigenvalue weighted by Gasteiger charge is 2.42. The number of hydrogen-bond donors (Lipinski definition) is 0. The summed E-state index contributed by atoms with van der Waals surface area (Å²) in [5.41, 5.74) is 0.611. The highest BCUT2D eigenvalue weighted by atomic mass is 35.5. The Morgan fingerprint density at radius 2 is 2.19 bits per heavy atom. The van der Waals surface area contributed by atoms with E-state index in [-0.39, 0.29) is 23.4 Å². The van der Waals surface area contributed by atoms with Gasteiger partial charge in [-0.2, -0.15) is 0 Å². The minimum Gasteiger partial charge on any atom is -0.487 e. The van der Waals surface area contributed by atoms with Crippen molar-refractivity contribution >= 4 is 11.6 Å². The first-order chi connectivity index (χ1) is 7.61. The van der Waals surface area contributed by atoms with Crippen molar-refractivity contribution in [3.63, 3.8) is 0 Å². The molecule has 1 aliphatic carbocycles. The van der Waals surface area contributed by atoms with Gasteiger partial charge in [-0.3, -0.25) is 0 Å². The summed E-state index contributed by atoms with van der Waals surface area (Å²) >= 11 is 5.95. The molecule has 16 heavy (non-hydrogen) atoms. The van der Waals surface area contributed by atoms with Crippen molar-refractivity contribution in [2.24, 2.45) is 0 Å². The lowest BCUT2D eigenvalue weighted by molar-refractivity contribution is -0.0584. The van der Waals surface area contributed by atoms with E-state index in [0.717, 1.165) is 6.42 Å². The normalized spacial score (nSPS) is 28.6. The van der Waals surface area contributed by atoms with Gasteiger partial charge in [0.25, 0.3) is 0 Å². The molecule has 0 aliphatic heterocycles. The van der Waals surface area contributed by atoms with Crippen molar-refractivity contribution in [3.05, 3.63) is 29.6 Å². The summed E-state index contributed by atoms with van der Waals surface area (Å²) in [5.74, 6) is 0.270. The second kappa shape index (κ2) is 4.60. The molecular weight excluding hydrogens is 231 g/mol. The fraction of sp³-hybridized carbons (Fsp3) is 0.500. The number of methoxy groups -OCH3 is 1. The zero-order chi connectivity index (χ0) is 11.7. The van der Waals surface area contributed by atoms with Gasteiger partial charge in [0.05, 0.1) is 5.38 Å². The average Bonchev–Trinajstić information content (AvgIpc) is 2.23. The zero-order valence-electron chi connectivity index (χ0n) is 9.24. The molecule has 0 heterocycles. The topological polar surface area (TPSA) is 18.5 Å². The smallest absolute Gasteiger partial charge is 0.129 e. The number of benzene rings is 1. The Kier molecular flexibility index (Phi) is 3.36. The van der Waals surface area contributed by atoms with Crippen molar-refractivity contribution in [2.75, 3.05) is 7.11 Å². The van der Waals surface area contributed by atoms with Gasteiger partial charge in [0, 0.05) is 19.6 Å². The Labute approximate surface area is 99.3 Å². The fourth-order valence-corrected chi connectivity index (χ4v) is 2.20. The van der Waals surface area contributed by atoms with Crippen LogP contribution < -0.4 is 4.74 Å². The van der Waals surface area contributed by atoms with Crippen LogP contribution in [0, 0.1) is 12.7 Å². The van der Waals surface area contributed by atoms with Gasteiger partial charge in [-0.1, -0.05) is 6.07 Å². The third kappa shape index (κ3) is 2.15. The fourth-order valence-electron chi connectivity index (χ4n) is 1.76. The van der Waals surface area contributed by atoms with Crippen LogP contribution in [0.15, 0.2) is 18.2 Å². The van der Waals surface area contributed by atoms with Crippen molar-refractivity contribution in [1.82, 2.24) is 0 Å². The quantitative estimate of drug-likeness (QED) is 0.762. The van der Waals surface area contributed by atoms with Gasteiger partial charge >= 0.3 is 0 Å². The molecule has 0 radical (unpaired) electrons. The monoisotopic (exact) mass is 244 g/mol. The van der Waals surface area contributed by atoms with E-state index in [2.05, 4.69) is 0 Å². The summed E-state index contributed by atoms with van der Waals surface area (Å²) in [6, 6.07) is 4.85. The number of aryl methyl sites for hydroxylation is 1. The van der Waals surface area contributed by atoms with Gasteiger partial charge in [-0.15, -0.1) is 11.6 Å². The molecule has 3 atom stereocenters. The van der Waals surface area contributed by atoms with Crippen LogP contribution >= 0.6 is 11.6 Å². The average molecular weight is 245 g/mol. The van der Waals surface area contributed by atoms with Gasteiger partial charge in [0.2, 0.25) is 0 Å². The number of rotatable bonds is 3. The van der Waals surface area contributed by atoms with Crippen LogP contribution in [-0.4, -0.2) is 24.7 Å². The van der Waals surface area contributed by atoms with Crippen molar-refractivity contribution in [3.8, 4) is 5.75 Å². The first-order valence-electron chi connectivity index (χ1n) is 5.21.